The van der Waals surface area contributed by atoms with Crippen molar-refractivity contribution in [1.29, 1.82) is 0 Å². The molecule has 0 bridgehead atoms. The van der Waals surface area contributed by atoms with Crippen molar-refractivity contribution in [3.63, 3.8) is 0 Å². The molecule has 1 aliphatic rings. The van der Waals surface area contributed by atoms with E-state index in [1.807, 2.05) is 0 Å². The minimum absolute atomic E-state index is 0.269. The van der Waals surface area contributed by atoms with E-state index < -0.39 is 11.7 Å². The number of hydrogen-bond donors (Lipinski definition) is 0. The van der Waals surface area contributed by atoms with E-state index in [-0.39, 0.29) is 5.92 Å². The maximum Gasteiger partial charge on any atom is 0.154 e. The molecule has 9 heavy (non-hydrogen) atoms. The molecule has 50 valence electrons. The highest BCUT2D eigenvalue weighted by molar-refractivity contribution is 5.21. The first kappa shape index (κ1) is 6.46. The fourth-order valence-corrected chi connectivity index (χ4v) is 0.794. The first-order valence-electron chi connectivity index (χ1n) is 2.93. The van der Waals surface area contributed by atoms with Crippen LogP contribution in [0.3, 0.4) is 0 Å². The van der Waals surface area contributed by atoms with Gasteiger partial charge in [-0.2, -0.15) is 0 Å². The maximum absolute atomic E-state index is 12.4. The molecule has 1 atom stereocenters. The summed E-state index contributed by atoms with van der Waals surface area (Å²) in [4.78, 5) is 0. The molecule has 0 saturated heterocycles. The second-order valence-corrected chi connectivity index (χ2v) is 2.23. The third kappa shape index (κ3) is 1.18. The Morgan fingerprint density at radius 2 is 2.22 bits per heavy atom. The zero-order valence-electron chi connectivity index (χ0n) is 5.20. The van der Waals surface area contributed by atoms with Crippen LogP contribution in [0.1, 0.15) is 13.3 Å². The lowest BCUT2D eigenvalue weighted by atomic mass is 10.0. The van der Waals surface area contributed by atoms with E-state index in [1.165, 1.54) is 6.08 Å². The number of halogens is 2. The second-order valence-electron chi connectivity index (χ2n) is 2.23. The molecule has 0 amide bonds. The predicted molar refractivity (Wildman–Crippen MR) is 32.2 cm³/mol. The summed E-state index contributed by atoms with van der Waals surface area (Å²) >= 11 is 0. The first-order valence-corrected chi connectivity index (χ1v) is 2.93. The zero-order chi connectivity index (χ0) is 6.85. The van der Waals surface area contributed by atoms with Crippen LogP contribution in [0.25, 0.3) is 0 Å². The van der Waals surface area contributed by atoms with Gasteiger partial charge in [0, 0.05) is 5.92 Å². The molecule has 0 radical (unpaired) electrons. The highest BCUT2D eigenvalue weighted by atomic mass is 19.2. The fraction of sp³-hybridized carbons (Fsp3) is 0.429. The van der Waals surface area contributed by atoms with Gasteiger partial charge in [-0.1, -0.05) is 13.0 Å². The van der Waals surface area contributed by atoms with Crippen LogP contribution in [-0.2, 0) is 0 Å². The Bertz CT molecular complexity index is 168. The Morgan fingerprint density at radius 3 is 2.67 bits per heavy atom. The van der Waals surface area contributed by atoms with E-state index in [4.69, 9.17) is 0 Å². The molecule has 0 aromatic rings. The van der Waals surface area contributed by atoms with Gasteiger partial charge in [0.25, 0.3) is 0 Å². The molecular formula is C7H8F2. The van der Waals surface area contributed by atoms with Crippen LogP contribution < -0.4 is 0 Å². The van der Waals surface area contributed by atoms with Crippen LogP contribution >= 0.6 is 0 Å². The summed E-state index contributed by atoms with van der Waals surface area (Å²) in [5, 5.41) is 0. The van der Waals surface area contributed by atoms with Gasteiger partial charge in [-0.3, -0.25) is 0 Å². The summed E-state index contributed by atoms with van der Waals surface area (Å²) in [7, 11) is 0. The molecule has 0 aromatic carbocycles. The van der Waals surface area contributed by atoms with E-state index >= 15 is 0 Å². The van der Waals surface area contributed by atoms with Gasteiger partial charge in [0.2, 0.25) is 0 Å². The van der Waals surface area contributed by atoms with Crippen LogP contribution in [0.2, 0.25) is 0 Å². The molecule has 0 nitrogen and oxygen atoms in total. The van der Waals surface area contributed by atoms with Gasteiger partial charge in [0.15, 0.2) is 5.83 Å². The summed E-state index contributed by atoms with van der Waals surface area (Å²) in [6.07, 6.45) is 3.43. The standard InChI is InChI=1S/C7H8F2/c1-5-3-2-4-6(8)7(5)9/h2,4-5H,3H2,1H3. The number of rotatable bonds is 0. The van der Waals surface area contributed by atoms with Crippen molar-refractivity contribution in [2.45, 2.75) is 13.3 Å². The van der Waals surface area contributed by atoms with Crippen molar-refractivity contribution < 1.29 is 8.78 Å². The van der Waals surface area contributed by atoms with Crippen LogP contribution in [-0.4, -0.2) is 0 Å². The van der Waals surface area contributed by atoms with Gasteiger partial charge >= 0.3 is 0 Å². The van der Waals surface area contributed by atoms with Gasteiger partial charge in [0.1, 0.15) is 5.83 Å². The first-order chi connectivity index (χ1) is 4.22. The van der Waals surface area contributed by atoms with Crippen molar-refractivity contribution in [3.8, 4) is 0 Å². The molecule has 1 aliphatic carbocycles. The van der Waals surface area contributed by atoms with Gasteiger partial charge in [-0.25, -0.2) is 8.78 Å². The lowest BCUT2D eigenvalue weighted by Crippen LogP contribution is -1.98. The van der Waals surface area contributed by atoms with Crippen LogP contribution in [0, 0.1) is 5.92 Å². The SMILES string of the molecule is CC1CC=CC(F)=C1F. The molecule has 0 heterocycles. The molecular weight excluding hydrogens is 122 g/mol. The summed E-state index contributed by atoms with van der Waals surface area (Å²) in [5.41, 5.74) is 0. The zero-order valence-corrected chi connectivity index (χ0v) is 5.20. The molecule has 0 spiro atoms. The fourth-order valence-electron chi connectivity index (χ4n) is 0.794. The Hall–Kier alpha value is -0.660. The summed E-state index contributed by atoms with van der Waals surface area (Å²) in [6, 6.07) is 0. The Morgan fingerprint density at radius 1 is 1.56 bits per heavy atom. The van der Waals surface area contributed by atoms with Crippen molar-refractivity contribution in [3.05, 3.63) is 23.8 Å². The molecule has 1 rings (SSSR count). The molecule has 2 heteroatoms. The van der Waals surface area contributed by atoms with Crippen molar-refractivity contribution in [1.82, 2.24) is 0 Å². The lowest BCUT2D eigenvalue weighted by Gasteiger charge is -2.09. The molecule has 0 aromatic heterocycles. The number of allylic oxidation sites excluding steroid dienone is 4. The van der Waals surface area contributed by atoms with Gasteiger partial charge in [-0.15, -0.1) is 0 Å². The third-order valence-corrected chi connectivity index (χ3v) is 1.41. The highest BCUT2D eigenvalue weighted by Gasteiger charge is 2.14. The van der Waals surface area contributed by atoms with Crippen molar-refractivity contribution in [2.24, 2.45) is 5.92 Å². The highest BCUT2D eigenvalue weighted by Crippen LogP contribution is 2.26. The van der Waals surface area contributed by atoms with Crippen LogP contribution in [0.15, 0.2) is 23.8 Å². The second kappa shape index (κ2) is 2.29. The van der Waals surface area contributed by atoms with E-state index in [9.17, 15) is 8.78 Å². The predicted octanol–water partition coefficient (Wildman–Crippen LogP) is 2.73. The smallest absolute Gasteiger partial charge is 0.154 e. The minimum Gasteiger partial charge on any atom is -0.208 e. The third-order valence-electron chi connectivity index (χ3n) is 1.41. The average Bonchev–Trinajstić information content (AvgIpc) is 1.83. The molecule has 0 N–H and O–H groups in total. The molecule has 0 fully saturated rings. The minimum atomic E-state index is -0.714. The normalized spacial score (nSPS) is 27.2. The molecule has 1 unspecified atom stereocenters. The Balaban J connectivity index is 2.83. The Kier molecular flexibility index (Phi) is 1.65. The lowest BCUT2D eigenvalue weighted by molar-refractivity contribution is 0.445. The summed E-state index contributed by atoms with van der Waals surface area (Å²) < 4.78 is 24.7. The average molecular weight is 130 g/mol. The quantitative estimate of drug-likeness (QED) is 0.473. The maximum atomic E-state index is 12.4. The van der Waals surface area contributed by atoms with E-state index in [1.54, 1.807) is 13.0 Å². The van der Waals surface area contributed by atoms with E-state index in [0.717, 1.165) is 0 Å². The summed E-state index contributed by atoms with van der Waals surface area (Å²) in [6.45, 7) is 1.67. The van der Waals surface area contributed by atoms with Crippen LogP contribution in [0.5, 0.6) is 0 Å². The van der Waals surface area contributed by atoms with E-state index in [2.05, 4.69) is 0 Å². The van der Waals surface area contributed by atoms with Gasteiger partial charge < -0.3 is 0 Å². The number of hydrogen-bond acceptors (Lipinski definition) is 0. The molecule has 0 saturated carbocycles. The van der Waals surface area contributed by atoms with Gasteiger partial charge in [0.05, 0.1) is 0 Å². The van der Waals surface area contributed by atoms with E-state index in [0.29, 0.717) is 6.42 Å². The van der Waals surface area contributed by atoms with Crippen molar-refractivity contribution >= 4 is 0 Å². The monoisotopic (exact) mass is 130 g/mol. The van der Waals surface area contributed by atoms with Gasteiger partial charge in [-0.05, 0) is 12.5 Å². The topological polar surface area (TPSA) is 0 Å². The Labute approximate surface area is 52.9 Å². The van der Waals surface area contributed by atoms with Crippen molar-refractivity contribution in [2.75, 3.05) is 0 Å². The summed E-state index contributed by atoms with van der Waals surface area (Å²) in [5.74, 6) is -1.60. The molecule has 0 aliphatic heterocycles. The van der Waals surface area contributed by atoms with Crippen LogP contribution in [0.4, 0.5) is 8.78 Å². The largest absolute Gasteiger partial charge is 0.208 e.